The standard InChI is InChI=1S/C23H21N3O3/c1-26(12-13-29-2)22-15-20(23(27)28)14-21(25-22)19-9-7-17(8-10-19)5-6-18-4-3-11-24-16-18/h3-4,7-11,14-16H,12-13H2,1-2H3,(H,27,28). The predicted molar refractivity (Wildman–Crippen MR) is 112 cm³/mol. The summed E-state index contributed by atoms with van der Waals surface area (Å²) in [5, 5.41) is 9.47. The molecule has 0 unspecified atom stereocenters. The molecule has 0 radical (unpaired) electrons. The number of rotatable bonds is 6. The van der Waals surface area contributed by atoms with Crippen LogP contribution >= 0.6 is 0 Å². The fraction of sp³-hybridized carbons (Fsp3) is 0.174. The minimum atomic E-state index is -0.992. The van der Waals surface area contributed by atoms with Gasteiger partial charge in [0.25, 0.3) is 0 Å². The Balaban J connectivity index is 1.88. The lowest BCUT2D eigenvalue weighted by Crippen LogP contribution is -2.23. The number of benzene rings is 1. The topological polar surface area (TPSA) is 75.5 Å². The summed E-state index contributed by atoms with van der Waals surface area (Å²) < 4.78 is 5.09. The third kappa shape index (κ3) is 5.41. The number of methoxy groups -OCH3 is 1. The average Bonchev–Trinajstić information content (AvgIpc) is 2.76. The van der Waals surface area contributed by atoms with Gasteiger partial charge >= 0.3 is 5.97 Å². The van der Waals surface area contributed by atoms with Gasteiger partial charge in [0.15, 0.2) is 0 Å². The van der Waals surface area contributed by atoms with Gasteiger partial charge in [-0.3, -0.25) is 4.98 Å². The van der Waals surface area contributed by atoms with E-state index in [1.807, 2.05) is 48.3 Å². The largest absolute Gasteiger partial charge is 0.478 e. The van der Waals surface area contributed by atoms with Crippen LogP contribution < -0.4 is 4.90 Å². The van der Waals surface area contributed by atoms with Crippen molar-refractivity contribution in [2.75, 3.05) is 32.2 Å². The Morgan fingerprint density at radius 1 is 1.14 bits per heavy atom. The molecule has 0 saturated carbocycles. The maximum Gasteiger partial charge on any atom is 0.335 e. The molecule has 2 heterocycles. The van der Waals surface area contributed by atoms with E-state index in [-0.39, 0.29) is 5.56 Å². The smallest absolute Gasteiger partial charge is 0.335 e. The van der Waals surface area contributed by atoms with Gasteiger partial charge in [0.1, 0.15) is 5.82 Å². The average molecular weight is 387 g/mol. The third-order valence-corrected chi connectivity index (χ3v) is 4.27. The molecule has 0 aliphatic carbocycles. The van der Waals surface area contributed by atoms with Gasteiger partial charge in [-0.2, -0.15) is 0 Å². The number of hydrogen-bond donors (Lipinski definition) is 1. The molecule has 0 amide bonds. The highest BCUT2D eigenvalue weighted by molar-refractivity contribution is 5.90. The molecule has 2 aromatic heterocycles. The number of hydrogen-bond acceptors (Lipinski definition) is 5. The Morgan fingerprint density at radius 3 is 2.55 bits per heavy atom. The second-order valence-electron chi connectivity index (χ2n) is 6.39. The molecular formula is C23H21N3O3. The predicted octanol–water partition coefficient (Wildman–Crippen LogP) is 3.32. The molecule has 3 aromatic rings. The van der Waals surface area contributed by atoms with Crippen LogP contribution in [0.1, 0.15) is 21.5 Å². The minimum absolute atomic E-state index is 0.190. The number of nitrogens with zero attached hydrogens (tertiary/aromatic N) is 3. The van der Waals surface area contributed by atoms with Gasteiger partial charge in [0.05, 0.1) is 17.9 Å². The van der Waals surface area contributed by atoms with Gasteiger partial charge in [0.2, 0.25) is 0 Å². The van der Waals surface area contributed by atoms with Gasteiger partial charge in [0, 0.05) is 49.8 Å². The lowest BCUT2D eigenvalue weighted by atomic mass is 10.1. The molecular weight excluding hydrogens is 366 g/mol. The second kappa shape index (κ2) is 9.49. The first-order valence-corrected chi connectivity index (χ1v) is 9.05. The molecule has 6 nitrogen and oxygen atoms in total. The summed E-state index contributed by atoms with van der Waals surface area (Å²) in [7, 11) is 3.48. The summed E-state index contributed by atoms with van der Waals surface area (Å²) in [6, 6.07) is 14.4. The number of pyridine rings is 2. The summed E-state index contributed by atoms with van der Waals surface area (Å²) in [4.78, 5) is 22.1. The number of carbonyl (C=O) groups is 1. The number of carboxylic acids is 1. The highest BCUT2D eigenvalue weighted by Crippen LogP contribution is 2.23. The maximum absolute atomic E-state index is 11.6. The SMILES string of the molecule is COCCN(C)c1cc(C(=O)O)cc(-c2ccc(C#Cc3cccnc3)cc2)n1. The van der Waals surface area contributed by atoms with Crippen LogP contribution in [0, 0.1) is 11.8 Å². The van der Waals surface area contributed by atoms with Gasteiger partial charge in [-0.25, -0.2) is 9.78 Å². The van der Waals surface area contributed by atoms with E-state index >= 15 is 0 Å². The molecule has 0 spiro atoms. The Bertz CT molecular complexity index is 1040. The third-order valence-electron chi connectivity index (χ3n) is 4.27. The van der Waals surface area contributed by atoms with Crippen LogP contribution in [0.2, 0.25) is 0 Å². The summed E-state index contributed by atoms with van der Waals surface area (Å²) in [6.45, 7) is 1.13. The summed E-state index contributed by atoms with van der Waals surface area (Å²) in [5.74, 6) is 5.75. The Morgan fingerprint density at radius 2 is 1.90 bits per heavy atom. The first-order chi connectivity index (χ1) is 14.1. The van der Waals surface area contributed by atoms with Gasteiger partial charge in [-0.15, -0.1) is 0 Å². The molecule has 0 aliphatic rings. The maximum atomic E-state index is 11.6. The van der Waals surface area contributed by atoms with Crippen LogP contribution in [0.3, 0.4) is 0 Å². The molecule has 3 rings (SSSR count). The summed E-state index contributed by atoms with van der Waals surface area (Å²) in [5.41, 5.74) is 3.30. The van der Waals surface area contributed by atoms with Crippen molar-refractivity contribution in [3.05, 3.63) is 77.6 Å². The molecule has 29 heavy (non-hydrogen) atoms. The van der Waals surface area contributed by atoms with Crippen LogP contribution in [0.15, 0.2) is 60.9 Å². The highest BCUT2D eigenvalue weighted by atomic mass is 16.5. The fourth-order valence-electron chi connectivity index (χ4n) is 2.63. The van der Waals surface area contributed by atoms with Crippen molar-refractivity contribution in [1.82, 2.24) is 9.97 Å². The number of aromatic carboxylic acids is 1. The van der Waals surface area contributed by atoms with Gasteiger partial charge in [-0.1, -0.05) is 24.0 Å². The van der Waals surface area contributed by atoms with E-state index in [0.29, 0.717) is 24.7 Å². The first-order valence-electron chi connectivity index (χ1n) is 9.05. The van der Waals surface area contributed by atoms with Crippen LogP contribution in [-0.2, 0) is 4.74 Å². The Labute approximate surface area is 169 Å². The van der Waals surface area contributed by atoms with E-state index in [9.17, 15) is 9.90 Å². The van der Waals surface area contributed by atoms with Crippen LogP contribution in [-0.4, -0.2) is 48.4 Å². The highest BCUT2D eigenvalue weighted by Gasteiger charge is 2.12. The van der Waals surface area contributed by atoms with E-state index in [4.69, 9.17) is 4.74 Å². The Kier molecular flexibility index (Phi) is 6.56. The molecule has 0 aliphatic heterocycles. The molecule has 0 atom stereocenters. The monoisotopic (exact) mass is 387 g/mol. The second-order valence-corrected chi connectivity index (χ2v) is 6.39. The van der Waals surface area contributed by atoms with Crippen molar-refractivity contribution in [3.8, 4) is 23.1 Å². The van der Waals surface area contributed by atoms with E-state index in [1.54, 1.807) is 31.6 Å². The summed E-state index contributed by atoms with van der Waals surface area (Å²) in [6.07, 6.45) is 3.42. The quantitative estimate of drug-likeness (QED) is 0.654. The Hall–Kier alpha value is -3.69. The minimum Gasteiger partial charge on any atom is -0.478 e. The number of anilines is 1. The van der Waals surface area contributed by atoms with E-state index < -0.39 is 5.97 Å². The zero-order valence-electron chi connectivity index (χ0n) is 16.3. The van der Waals surface area contributed by atoms with Crippen molar-refractivity contribution >= 4 is 11.8 Å². The fourth-order valence-corrected chi connectivity index (χ4v) is 2.63. The van der Waals surface area contributed by atoms with E-state index in [0.717, 1.165) is 16.7 Å². The zero-order valence-corrected chi connectivity index (χ0v) is 16.3. The number of ether oxygens (including phenoxy) is 1. The molecule has 1 aromatic carbocycles. The number of likely N-dealkylation sites (N-methyl/N-ethyl adjacent to an activating group) is 1. The van der Waals surface area contributed by atoms with Crippen LogP contribution in [0.4, 0.5) is 5.82 Å². The molecule has 0 saturated heterocycles. The lowest BCUT2D eigenvalue weighted by molar-refractivity contribution is 0.0697. The molecule has 1 N–H and O–H groups in total. The van der Waals surface area contributed by atoms with Crippen molar-refractivity contribution in [1.29, 1.82) is 0 Å². The van der Waals surface area contributed by atoms with Crippen molar-refractivity contribution < 1.29 is 14.6 Å². The first kappa shape index (κ1) is 20.1. The van der Waals surface area contributed by atoms with Crippen LogP contribution in [0.25, 0.3) is 11.3 Å². The number of carboxylic acid groups (broad SMARTS) is 1. The zero-order chi connectivity index (χ0) is 20.6. The van der Waals surface area contributed by atoms with Crippen molar-refractivity contribution in [2.45, 2.75) is 0 Å². The molecule has 6 heteroatoms. The van der Waals surface area contributed by atoms with E-state index in [2.05, 4.69) is 21.8 Å². The van der Waals surface area contributed by atoms with Gasteiger partial charge < -0.3 is 14.7 Å². The number of aromatic nitrogens is 2. The lowest BCUT2D eigenvalue weighted by Gasteiger charge is -2.19. The van der Waals surface area contributed by atoms with Crippen molar-refractivity contribution in [3.63, 3.8) is 0 Å². The normalized spacial score (nSPS) is 10.1. The summed E-state index contributed by atoms with van der Waals surface area (Å²) >= 11 is 0. The molecule has 0 fully saturated rings. The molecule has 146 valence electrons. The van der Waals surface area contributed by atoms with E-state index in [1.165, 1.54) is 0 Å². The van der Waals surface area contributed by atoms with Crippen molar-refractivity contribution in [2.24, 2.45) is 0 Å². The van der Waals surface area contributed by atoms with Gasteiger partial charge in [-0.05, 0) is 36.4 Å². The molecule has 0 bridgehead atoms. The van der Waals surface area contributed by atoms with Crippen LogP contribution in [0.5, 0.6) is 0 Å².